The van der Waals surface area contributed by atoms with Crippen LogP contribution in [0, 0.1) is 6.92 Å². The maximum Gasteiger partial charge on any atom is 0.416 e. The zero-order valence-corrected chi connectivity index (χ0v) is 14.5. The fourth-order valence-corrected chi connectivity index (χ4v) is 3.08. The lowest BCUT2D eigenvalue weighted by Gasteiger charge is -2.21. The van der Waals surface area contributed by atoms with Gasteiger partial charge < -0.3 is 4.90 Å². The van der Waals surface area contributed by atoms with Crippen LogP contribution in [0.15, 0.2) is 30.3 Å². The largest absolute Gasteiger partial charge is 0.416 e. The Hall–Kier alpha value is -2.35. The highest BCUT2D eigenvalue weighted by Crippen LogP contribution is 2.29. The first-order valence-corrected chi connectivity index (χ1v) is 8.53. The minimum absolute atomic E-state index is 0.0919. The molecular weight excluding hydrogens is 345 g/mol. The molecule has 1 aliphatic heterocycles. The van der Waals surface area contributed by atoms with Crippen LogP contribution in [0.5, 0.6) is 0 Å². The molecular formula is C18H21F3N4O. The van der Waals surface area contributed by atoms with Crippen molar-refractivity contribution >= 4 is 5.91 Å². The topological polar surface area (TPSA) is 52.2 Å². The lowest BCUT2D eigenvalue weighted by Crippen LogP contribution is -2.35. The Kier molecular flexibility index (Phi) is 5.31. The summed E-state index contributed by atoms with van der Waals surface area (Å²) in [5.41, 5.74) is 1.45. The summed E-state index contributed by atoms with van der Waals surface area (Å²) in [4.78, 5) is 16.4. The number of alkyl halides is 3. The van der Waals surface area contributed by atoms with E-state index < -0.39 is 11.7 Å². The molecule has 0 spiro atoms. The van der Waals surface area contributed by atoms with E-state index in [1.165, 1.54) is 12.1 Å². The Morgan fingerprint density at radius 3 is 2.50 bits per heavy atom. The lowest BCUT2D eigenvalue weighted by molar-refractivity contribution is -0.137. The highest BCUT2D eigenvalue weighted by atomic mass is 19.4. The molecule has 2 aromatic rings. The van der Waals surface area contributed by atoms with Crippen molar-refractivity contribution in [2.75, 3.05) is 26.2 Å². The molecule has 0 radical (unpaired) electrons. The molecule has 1 N–H and O–H groups in total. The average Bonchev–Trinajstić information content (AvgIpc) is 2.89. The van der Waals surface area contributed by atoms with Gasteiger partial charge in [0.15, 0.2) is 0 Å². The van der Waals surface area contributed by atoms with E-state index in [0.29, 0.717) is 31.9 Å². The highest BCUT2D eigenvalue weighted by Gasteiger charge is 2.30. The minimum atomic E-state index is -4.31. The summed E-state index contributed by atoms with van der Waals surface area (Å²) in [6.07, 6.45) is -3.50. The van der Waals surface area contributed by atoms with Crippen molar-refractivity contribution in [3.63, 3.8) is 0 Å². The smallest absolute Gasteiger partial charge is 0.336 e. The average molecular weight is 366 g/mol. The van der Waals surface area contributed by atoms with Gasteiger partial charge in [-0.25, -0.2) is 0 Å². The summed E-state index contributed by atoms with van der Waals surface area (Å²) in [6, 6.07) is 6.99. The van der Waals surface area contributed by atoms with Crippen molar-refractivity contribution in [1.29, 1.82) is 0 Å². The maximum atomic E-state index is 12.6. The first-order valence-electron chi connectivity index (χ1n) is 8.53. The van der Waals surface area contributed by atoms with E-state index in [1.54, 1.807) is 11.0 Å². The van der Waals surface area contributed by atoms with Crippen LogP contribution in [0.4, 0.5) is 13.2 Å². The van der Waals surface area contributed by atoms with Crippen LogP contribution >= 0.6 is 0 Å². The first-order chi connectivity index (χ1) is 12.3. The van der Waals surface area contributed by atoms with Gasteiger partial charge in [0.05, 0.1) is 5.56 Å². The van der Waals surface area contributed by atoms with Gasteiger partial charge in [-0.3, -0.25) is 14.8 Å². The second kappa shape index (κ2) is 7.49. The minimum Gasteiger partial charge on any atom is -0.336 e. The van der Waals surface area contributed by atoms with Crippen LogP contribution in [0.25, 0.3) is 0 Å². The van der Waals surface area contributed by atoms with Crippen molar-refractivity contribution in [3.05, 3.63) is 52.8 Å². The number of hydrogen-bond donors (Lipinski definition) is 1. The van der Waals surface area contributed by atoms with Crippen molar-refractivity contribution in [2.45, 2.75) is 26.1 Å². The molecule has 26 heavy (non-hydrogen) atoms. The molecule has 2 heterocycles. The zero-order valence-electron chi connectivity index (χ0n) is 14.5. The summed E-state index contributed by atoms with van der Waals surface area (Å²) >= 11 is 0. The van der Waals surface area contributed by atoms with Gasteiger partial charge in [-0.05, 0) is 37.1 Å². The van der Waals surface area contributed by atoms with Gasteiger partial charge in [-0.2, -0.15) is 18.3 Å². The number of benzene rings is 1. The quantitative estimate of drug-likeness (QED) is 0.908. The zero-order chi connectivity index (χ0) is 18.7. The molecule has 1 amide bonds. The van der Waals surface area contributed by atoms with Crippen molar-refractivity contribution in [3.8, 4) is 0 Å². The second-order valence-corrected chi connectivity index (χ2v) is 6.55. The molecule has 5 nitrogen and oxygen atoms in total. The molecule has 1 aromatic heterocycles. The number of aromatic nitrogens is 2. The number of carbonyl (C=O) groups excluding carboxylic acids is 1. The summed E-state index contributed by atoms with van der Waals surface area (Å²) in [7, 11) is 0. The molecule has 1 fully saturated rings. The third kappa shape index (κ3) is 4.43. The molecule has 0 bridgehead atoms. The summed E-state index contributed by atoms with van der Waals surface area (Å²) in [6.45, 7) is 5.11. The molecule has 0 aliphatic carbocycles. The van der Waals surface area contributed by atoms with Gasteiger partial charge in [-0.15, -0.1) is 0 Å². The SMILES string of the molecule is Cc1cc(C(=O)N2CCCN(Cc3ccc(C(F)(F)F)cc3)CC2)n[nH]1. The van der Waals surface area contributed by atoms with Gasteiger partial charge in [0.2, 0.25) is 0 Å². The monoisotopic (exact) mass is 366 g/mol. The van der Waals surface area contributed by atoms with E-state index in [-0.39, 0.29) is 5.91 Å². The van der Waals surface area contributed by atoms with Gasteiger partial charge in [-0.1, -0.05) is 12.1 Å². The van der Waals surface area contributed by atoms with E-state index in [0.717, 1.165) is 36.4 Å². The van der Waals surface area contributed by atoms with Crippen molar-refractivity contribution in [2.24, 2.45) is 0 Å². The van der Waals surface area contributed by atoms with E-state index in [9.17, 15) is 18.0 Å². The third-order valence-electron chi connectivity index (χ3n) is 4.49. The molecule has 0 saturated carbocycles. The number of hydrogen-bond acceptors (Lipinski definition) is 3. The van der Waals surface area contributed by atoms with Crippen molar-refractivity contribution < 1.29 is 18.0 Å². The first kappa shape index (κ1) is 18.4. The van der Waals surface area contributed by atoms with Gasteiger partial charge in [0, 0.05) is 38.4 Å². The molecule has 3 rings (SSSR count). The molecule has 1 saturated heterocycles. The number of aromatic amines is 1. The summed E-state index contributed by atoms with van der Waals surface area (Å²) < 4.78 is 37.9. The number of aryl methyl sites for hydroxylation is 1. The van der Waals surface area contributed by atoms with Crippen LogP contribution in [0.2, 0.25) is 0 Å². The Balaban J connectivity index is 1.58. The normalized spacial score (nSPS) is 16.5. The highest BCUT2D eigenvalue weighted by molar-refractivity contribution is 5.92. The van der Waals surface area contributed by atoms with Gasteiger partial charge >= 0.3 is 6.18 Å². The van der Waals surface area contributed by atoms with E-state index in [4.69, 9.17) is 0 Å². The maximum absolute atomic E-state index is 12.6. The van der Waals surface area contributed by atoms with Gasteiger partial charge in [0.1, 0.15) is 5.69 Å². The van der Waals surface area contributed by atoms with Crippen LogP contribution in [0.1, 0.15) is 33.7 Å². The molecule has 1 aromatic carbocycles. The predicted octanol–water partition coefficient (Wildman–Crippen LogP) is 3.09. The third-order valence-corrected chi connectivity index (χ3v) is 4.49. The Labute approximate surface area is 149 Å². The molecule has 140 valence electrons. The Bertz CT molecular complexity index is 755. The van der Waals surface area contributed by atoms with E-state index in [2.05, 4.69) is 15.1 Å². The standard InChI is InChI=1S/C18H21F3N4O/c1-13-11-16(23-22-13)17(26)25-8-2-7-24(9-10-25)12-14-3-5-15(6-4-14)18(19,20)21/h3-6,11H,2,7-10,12H2,1H3,(H,22,23). The fraction of sp³-hybridized carbons (Fsp3) is 0.444. The Morgan fingerprint density at radius 1 is 1.15 bits per heavy atom. The number of rotatable bonds is 3. The number of carbonyl (C=O) groups is 1. The fourth-order valence-electron chi connectivity index (χ4n) is 3.08. The number of nitrogens with one attached hydrogen (secondary N) is 1. The second-order valence-electron chi connectivity index (χ2n) is 6.55. The Morgan fingerprint density at radius 2 is 1.88 bits per heavy atom. The molecule has 0 unspecified atom stereocenters. The van der Waals surface area contributed by atoms with E-state index in [1.807, 2.05) is 6.92 Å². The molecule has 8 heteroatoms. The number of halogens is 3. The van der Waals surface area contributed by atoms with Crippen LogP contribution in [0.3, 0.4) is 0 Å². The van der Waals surface area contributed by atoms with Crippen LogP contribution < -0.4 is 0 Å². The number of H-pyrrole nitrogens is 1. The summed E-state index contributed by atoms with van der Waals surface area (Å²) in [5.74, 6) is -0.0919. The lowest BCUT2D eigenvalue weighted by atomic mass is 10.1. The van der Waals surface area contributed by atoms with Crippen LogP contribution in [-0.2, 0) is 12.7 Å². The van der Waals surface area contributed by atoms with Gasteiger partial charge in [0.25, 0.3) is 5.91 Å². The number of amides is 1. The van der Waals surface area contributed by atoms with E-state index >= 15 is 0 Å². The molecule has 1 aliphatic rings. The predicted molar refractivity (Wildman–Crippen MR) is 90.6 cm³/mol. The summed E-state index contributed by atoms with van der Waals surface area (Å²) in [5, 5.41) is 6.79. The molecule has 0 atom stereocenters. The van der Waals surface area contributed by atoms with Crippen LogP contribution in [-0.4, -0.2) is 52.1 Å². The van der Waals surface area contributed by atoms with Crippen molar-refractivity contribution in [1.82, 2.24) is 20.0 Å². The number of nitrogens with zero attached hydrogens (tertiary/aromatic N) is 3.